The minimum absolute atomic E-state index is 0.345. The predicted molar refractivity (Wildman–Crippen MR) is 42.0 cm³/mol. The Morgan fingerprint density at radius 1 is 1.80 bits per heavy atom. The van der Waals surface area contributed by atoms with Crippen LogP contribution in [0.25, 0.3) is 0 Å². The van der Waals surface area contributed by atoms with Gasteiger partial charge in [0.25, 0.3) is 0 Å². The molecule has 0 aliphatic heterocycles. The summed E-state index contributed by atoms with van der Waals surface area (Å²) in [5.41, 5.74) is 0.606. The number of aromatic carboxylic acids is 1. The average Bonchev–Trinajstić information content (AvgIpc) is 2.10. The topological polar surface area (TPSA) is 50.2 Å². The van der Waals surface area contributed by atoms with E-state index >= 15 is 0 Å². The quantitative estimate of drug-likeness (QED) is 0.551. The second kappa shape index (κ2) is 2.42. The first-order chi connectivity index (χ1) is 4.61. The van der Waals surface area contributed by atoms with Crippen molar-refractivity contribution in [1.29, 1.82) is 0 Å². The number of aromatic nitrogens is 1. The van der Waals surface area contributed by atoms with Gasteiger partial charge < -0.3 is 5.11 Å². The van der Waals surface area contributed by atoms with Gasteiger partial charge in [-0.2, -0.15) is 0 Å². The molecule has 0 aliphatic rings. The zero-order valence-electron chi connectivity index (χ0n) is 5.71. The molecule has 1 heterocycles. The lowest BCUT2D eigenvalue weighted by Crippen LogP contribution is -1.97. The van der Waals surface area contributed by atoms with Crippen LogP contribution in [0.3, 0.4) is 0 Å². The van der Waals surface area contributed by atoms with Crippen molar-refractivity contribution in [2.24, 2.45) is 0 Å². The Kier molecular flexibility index (Phi) is 1.76. The summed E-state index contributed by atoms with van der Waals surface area (Å²) < 4.78 is 0. The van der Waals surface area contributed by atoms with E-state index in [0.29, 0.717) is 10.6 Å². The van der Waals surface area contributed by atoms with Crippen LogP contribution in [0, 0.1) is 6.92 Å². The fourth-order valence-electron chi connectivity index (χ4n) is 0.730. The van der Waals surface area contributed by atoms with Gasteiger partial charge in [-0.3, -0.25) is 4.98 Å². The number of rotatable bonds is 1. The van der Waals surface area contributed by atoms with Gasteiger partial charge in [0, 0.05) is 4.91 Å². The first-order valence-electron chi connectivity index (χ1n) is 2.78. The molecule has 0 aliphatic carbocycles. The standard InChI is InChI=1S/C5H6BNO2S/c1-2-3(4(8)9)10-5(6)7-2/h6H2,1H3,(H,8,9). The molecule has 0 amide bonds. The van der Waals surface area contributed by atoms with E-state index in [-0.39, 0.29) is 0 Å². The Bertz CT molecular complexity index is 271. The predicted octanol–water partition coefficient (Wildman–Crippen LogP) is -0.592. The lowest BCUT2D eigenvalue weighted by molar-refractivity contribution is 0.0701. The Balaban J connectivity index is 3.15. The highest BCUT2D eigenvalue weighted by Gasteiger charge is 2.10. The second-order valence-corrected chi connectivity index (χ2v) is 3.16. The summed E-state index contributed by atoms with van der Waals surface area (Å²) in [7, 11) is 1.80. The van der Waals surface area contributed by atoms with Crippen LogP contribution in [-0.2, 0) is 0 Å². The van der Waals surface area contributed by atoms with Crippen LogP contribution >= 0.6 is 11.3 Å². The van der Waals surface area contributed by atoms with Crippen LogP contribution in [0.1, 0.15) is 15.4 Å². The zero-order valence-corrected chi connectivity index (χ0v) is 6.53. The van der Waals surface area contributed by atoms with Crippen LogP contribution in [0.5, 0.6) is 0 Å². The first-order valence-corrected chi connectivity index (χ1v) is 3.60. The van der Waals surface area contributed by atoms with Crippen molar-refractivity contribution in [3.05, 3.63) is 10.6 Å². The van der Waals surface area contributed by atoms with Gasteiger partial charge >= 0.3 is 5.97 Å². The van der Waals surface area contributed by atoms with Crippen molar-refractivity contribution >= 4 is 30.1 Å². The van der Waals surface area contributed by atoms with E-state index in [9.17, 15) is 4.79 Å². The molecule has 0 radical (unpaired) electrons. The Hall–Kier alpha value is -0.835. The molecule has 0 fully saturated rings. The molecule has 0 bridgehead atoms. The molecule has 0 saturated heterocycles. The molecule has 0 unspecified atom stereocenters. The second-order valence-electron chi connectivity index (χ2n) is 1.95. The minimum atomic E-state index is -0.886. The Morgan fingerprint density at radius 3 is 2.60 bits per heavy atom. The molecule has 0 saturated carbocycles. The van der Waals surface area contributed by atoms with E-state index in [1.54, 1.807) is 14.8 Å². The minimum Gasteiger partial charge on any atom is -0.477 e. The smallest absolute Gasteiger partial charge is 0.347 e. The maximum absolute atomic E-state index is 10.4. The summed E-state index contributed by atoms with van der Waals surface area (Å²) in [4.78, 5) is 15.5. The van der Waals surface area contributed by atoms with Crippen LogP contribution in [-0.4, -0.2) is 23.9 Å². The molecular formula is C5H6BNO2S. The van der Waals surface area contributed by atoms with E-state index in [1.807, 2.05) is 0 Å². The fourth-order valence-corrected chi connectivity index (χ4v) is 1.49. The van der Waals surface area contributed by atoms with Gasteiger partial charge in [-0.15, -0.1) is 11.3 Å². The van der Waals surface area contributed by atoms with Crippen molar-refractivity contribution < 1.29 is 9.90 Å². The van der Waals surface area contributed by atoms with Crippen molar-refractivity contribution in [3.63, 3.8) is 0 Å². The van der Waals surface area contributed by atoms with Crippen LogP contribution in [0.2, 0.25) is 0 Å². The van der Waals surface area contributed by atoms with E-state index in [0.717, 1.165) is 4.91 Å². The Morgan fingerprint density at radius 2 is 2.40 bits per heavy atom. The third-order valence-corrected chi connectivity index (χ3v) is 2.16. The molecule has 1 rings (SSSR count). The first kappa shape index (κ1) is 7.27. The lowest BCUT2D eigenvalue weighted by atomic mass is 10.2. The SMILES string of the molecule is Bc1nc(C)c(C(=O)O)s1. The zero-order chi connectivity index (χ0) is 7.72. The van der Waals surface area contributed by atoms with E-state index in [2.05, 4.69) is 4.98 Å². The third-order valence-electron chi connectivity index (χ3n) is 1.10. The number of hydrogen-bond donors (Lipinski definition) is 1. The maximum Gasteiger partial charge on any atom is 0.347 e. The van der Waals surface area contributed by atoms with E-state index < -0.39 is 5.97 Å². The molecule has 1 aromatic rings. The summed E-state index contributed by atoms with van der Waals surface area (Å²) >= 11 is 1.21. The fraction of sp³-hybridized carbons (Fsp3) is 0.200. The van der Waals surface area contributed by atoms with Crippen LogP contribution < -0.4 is 4.91 Å². The molecule has 10 heavy (non-hydrogen) atoms. The number of hydrogen-bond acceptors (Lipinski definition) is 3. The Labute approximate surface area is 63.1 Å². The molecule has 0 atom stereocenters. The number of carbonyl (C=O) groups is 1. The molecule has 3 nitrogen and oxygen atoms in total. The number of carboxylic acid groups (broad SMARTS) is 1. The molecular weight excluding hydrogens is 149 g/mol. The number of aryl methyl sites for hydroxylation is 1. The monoisotopic (exact) mass is 155 g/mol. The van der Waals surface area contributed by atoms with Crippen molar-refractivity contribution in [2.45, 2.75) is 6.92 Å². The molecule has 1 N–H and O–H groups in total. The molecule has 0 aromatic carbocycles. The van der Waals surface area contributed by atoms with Gasteiger partial charge in [-0.25, -0.2) is 4.79 Å². The van der Waals surface area contributed by atoms with Gasteiger partial charge in [0.15, 0.2) is 7.85 Å². The summed E-state index contributed by atoms with van der Waals surface area (Å²) in [5, 5.41) is 8.55. The maximum atomic E-state index is 10.4. The van der Waals surface area contributed by atoms with Gasteiger partial charge in [0.1, 0.15) is 4.88 Å². The van der Waals surface area contributed by atoms with Gasteiger partial charge in [-0.1, -0.05) is 0 Å². The third kappa shape index (κ3) is 1.18. The normalized spacial score (nSPS) is 9.70. The van der Waals surface area contributed by atoms with Crippen molar-refractivity contribution in [2.75, 3.05) is 0 Å². The number of carboxylic acids is 1. The van der Waals surface area contributed by atoms with Gasteiger partial charge in [0.05, 0.1) is 5.69 Å². The van der Waals surface area contributed by atoms with Gasteiger partial charge in [-0.05, 0) is 6.92 Å². The highest BCUT2D eigenvalue weighted by atomic mass is 32.1. The summed E-state index contributed by atoms with van der Waals surface area (Å²) in [6, 6.07) is 0. The van der Waals surface area contributed by atoms with Crippen molar-refractivity contribution in [1.82, 2.24) is 4.98 Å². The lowest BCUT2D eigenvalue weighted by Gasteiger charge is -1.84. The average molecular weight is 155 g/mol. The number of thiazole rings is 1. The molecule has 5 heteroatoms. The molecule has 1 aromatic heterocycles. The summed E-state index contributed by atoms with van der Waals surface area (Å²) in [6.45, 7) is 1.70. The van der Waals surface area contributed by atoms with Gasteiger partial charge in [0.2, 0.25) is 0 Å². The largest absolute Gasteiger partial charge is 0.477 e. The number of nitrogens with zero attached hydrogens (tertiary/aromatic N) is 1. The molecule has 52 valence electrons. The van der Waals surface area contributed by atoms with Crippen molar-refractivity contribution in [3.8, 4) is 0 Å². The van der Waals surface area contributed by atoms with Crippen LogP contribution in [0.15, 0.2) is 0 Å². The van der Waals surface area contributed by atoms with Crippen LogP contribution in [0.4, 0.5) is 0 Å². The summed E-state index contributed by atoms with van der Waals surface area (Å²) in [6.07, 6.45) is 0. The van der Waals surface area contributed by atoms with E-state index in [4.69, 9.17) is 5.11 Å². The molecule has 0 spiro atoms. The van der Waals surface area contributed by atoms with E-state index in [1.165, 1.54) is 11.3 Å². The highest BCUT2D eigenvalue weighted by molar-refractivity contribution is 7.21. The summed E-state index contributed by atoms with van der Waals surface area (Å²) in [5.74, 6) is -0.886. The highest BCUT2D eigenvalue weighted by Crippen LogP contribution is 2.08.